The van der Waals surface area contributed by atoms with Crippen LogP contribution in [0.5, 0.6) is 0 Å². The van der Waals surface area contributed by atoms with E-state index in [1.54, 1.807) is 25.3 Å². The fraction of sp³-hybridized carbons (Fsp3) is 0.167. The zero-order chi connectivity index (χ0) is 16.9. The van der Waals surface area contributed by atoms with Crippen molar-refractivity contribution in [2.75, 3.05) is 6.61 Å². The number of nitrogens with one attached hydrogen (secondary N) is 2. The van der Waals surface area contributed by atoms with Crippen LogP contribution in [0.25, 0.3) is 5.70 Å². The number of benzene rings is 1. The molecule has 2 heterocycles. The first-order chi connectivity index (χ1) is 11.7. The van der Waals surface area contributed by atoms with Gasteiger partial charge in [0.2, 0.25) is 0 Å². The van der Waals surface area contributed by atoms with E-state index in [-0.39, 0.29) is 6.61 Å². The maximum absolute atomic E-state index is 12.6. The molecule has 0 aliphatic carbocycles. The predicted octanol–water partition coefficient (Wildman–Crippen LogP) is 2.41. The van der Waals surface area contributed by atoms with E-state index in [2.05, 4.69) is 15.6 Å². The van der Waals surface area contributed by atoms with E-state index in [9.17, 15) is 9.59 Å². The molecule has 1 aliphatic heterocycles. The minimum Gasteiger partial charge on any atom is -0.463 e. The van der Waals surface area contributed by atoms with Crippen LogP contribution in [0.4, 0.5) is 4.79 Å². The molecule has 2 N–H and O–H groups in total. The second kappa shape index (κ2) is 6.95. The van der Waals surface area contributed by atoms with Crippen LogP contribution in [-0.4, -0.2) is 23.6 Å². The minimum absolute atomic E-state index is 0.243. The summed E-state index contributed by atoms with van der Waals surface area (Å²) in [5.41, 5.74) is 2.08. The summed E-state index contributed by atoms with van der Waals surface area (Å²) in [6, 6.07) is 13.5. The fourth-order valence-corrected chi connectivity index (χ4v) is 2.59. The van der Waals surface area contributed by atoms with Crippen molar-refractivity contribution in [1.82, 2.24) is 15.6 Å². The van der Waals surface area contributed by atoms with Crippen LogP contribution >= 0.6 is 0 Å². The van der Waals surface area contributed by atoms with E-state index in [1.165, 1.54) is 0 Å². The zero-order valence-electron chi connectivity index (χ0n) is 13.2. The first-order valence-corrected chi connectivity index (χ1v) is 7.66. The highest BCUT2D eigenvalue weighted by Gasteiger charge is 2.34. The van der Waals surface area contributed by atoms with Gasteiger partial charge in [-0.05, 0) is 24.6 Å². The molecule has 0 fully saturated rings. The summed E-state index contributed by atoms with van der Waals surface area (Å²) < 4.78 is 5.20. The van der Waals surface area contributed by atoms with Gasteiger partial charge in [-0.2, -0.15) is 0 Å². The Bertz CT molecular complexity index is 773. The van der Waals surface area contributed by atoms with Gasteiger partial charge in [0.05, 0.1) is 23.6 Å². The summed E-state index contributed by atoms with van der Waals surface area (Å²) in [6.07, 6.45) is 1.62. The molecule has 1 unspecified atom stereocenters. The fourth-order valence-electron chi connectivity index (χ4n) is 2.59. The Kier molecular flexibility index (Phi) is 4.56. The smallest absolute Gasteiger partial charge is 0.338 e. The summed E-state index contributed by atoms with van der Waals surface area (Å²) >= 11 is 0. The number of rotatable bonds is 4. The van der Waals surface area contributed by atoms with E-state index in [0.29, 0.717) is 17.0 Å². The third kappa shape index (κ3) is 3.12. The second-order valence-electron chi connectivity index (χ2n) is 5.16. The third-order valence-electron chi connectivity index (χ3n) is 3.61. The molecule has 122 valence electrons. The molecule has 0 bridgehead atoms. The van der Waals surface area contributed by atoms with Gasteiger partial charge >= 0.3 is 12.0 Å². The number of amides is 2. The van der Waals surface area contributed by atoms with E-state index in [0.717, 1.165) is 5.56 Å². The van der Waals surface area contributed by atoms with Gasteiger partial charge in [0, 0.05) is 6.20 Å². The van der Waals surface area contributed by atoms with Crippen LogP contribution < -0.4 is 10.6 Å². The van der Waals surface area contributed by atoms with Gasteiger partial charge in [0.1, 0.15) is 6.04 Å². The lowest BCUT2D eigenvalue weighted by molar-refractivity contribution is -0.138. The normalized spacial score (nSPS) is 17.0. The third-order valence-corrected chi connectivity index (χ3v) is 3.61. The number of nitrogens with zero attached hydrogens (tertiary/aromatic N) is 1. The quantitative estimate of drug-likeness (QED) is 0.847. The standard InChI is InChI=1S/C18H17N3O3/c1-2-24-17(22)14-15(12-8-4-3-5-9-12)20-18(23)21-16(14)13-10-6-7-11-19-13/h3-11,16H,2H2,1H3,(H2,20,21,23). The molecular formula is C18H17N3O3. The van der Waals surface area contributed by atoms with Crippen LogP contribution in [0.1, 0.15) is 24.2 Å². The summed E-state index contributed by atoms with van der Waals surface area (Å²) in [6.45, 7) is 1.98. The number of urea groups is 1. The lowest BCUT2D eigenvalue weighted by Crippen LogP contribution is -2.45. The number of carbonyl (C=O) groups is 2. The van der Waals surface area contributed by atoms with Crippen LogP contribution in [0, 0.1) is 0 Å². The molecule has 2 aromatic rings. The predicted molar refractivity (Wildman–Crippen MR) is 88.6 cm³/mol. The topological polar surface area (TPSA) is 80.3 Å². The first-order valence-electron chi connectivity index (χ1n) is 7.66. The van der Waals surface area contributed by atoms with E-state index < -0.39 is 18.0 Å². The Morgan fingerprint density at radius 2 is 1.92 bits per heavy atom. The lowest BCUT2D eigenvalue weighted by Gasteiger charge is -2.28. The zero-order valence-corrected chi connectivity index (χ0v) is 13.2. The number of esters is 1. The number of carbonyl (C=O) groups excluding carboxylic acids is 2. The van der Waals surface area contributed by atoms with Gasteiger partial charge in [-0.3, -0.25) is 4.98 Å². The highest BCUT2D eigenvalue weighted by molar-refractivity contribution is 6.04. The van der Waals surface area contributed by atoms with Crippen LogP contribution in [0.2, 0.25) is 0 Å². The van der Waals surface area contributed by atoms with Gasteiger partial charge in [-0.25, -0.2) is 9.59 Å². The summed E-state index contributed by atoms with van der Waals surface area (Å²) in [5, 5.41) is 5.47. The summed E-state index contributed by atoms with van der Waals surface area (Å²) in [7, 11) is 0. The molecule has 1 aliphatic rings. The Balaban J connectivity index is 2.16. The monoisotopic (exact) mass is 323 g/mol. The second-order valence-corrected chi connectivity index (χ2v) is 5.16. The van der Waals surface area contributed by atoms with Crippen LogP contribution in [0.15, 0.2) is 60.3 Å². The van der Waals surface area contributed by atoms with Crippen LogP contribution in [-0.2, 0) is 9.53 Å². The summed E-state index contributed by atoms with van der Waals surface area (Å²) in [4.78, 5) is 29.0. The number of pyridine rings is 1. The Hall–Kier alpha value is -3.15. The highest BCUT2D eigenvalue weighted by atomic mass is 16.5. The molecule has 1 aromatic heterocycles. The van der Waals surface area contributed by atoms with Crippen molar-refractivity contribution in [2.24, 2.45) is 0 Å². The van der Waals surface area contributed by atoms with Gasteiger partial charge in [-0.15, -0.1) is 0 Å². The van der Waals surface area contributed by atoms with Crippen molar-refractivity contribution in [3.05, 3.63) is 71.6 Å². The molecule has 1 atom stereocenters. The molecule has 24 heavy (non-hydrogen) atoms. The lowest BCUT2D eigenvalue weighted by atomic mass is 9.95. The molecule has 3 rings (SSSR count). The van der Waals surface area contributed by atoms with Gasteiger partial charge < -0.3 is 15.4 Å². The van der Waals surface area contributed by atoms with Crippen molar-refractivity contribution in [3.8, 4) is 0 Å². The molecule has 1 aromatic carbocycles. The maximum atomic E-state index is 12.6. The maximum Gasteiger partial charge on any atom is 0.338 e. The highest BCUT2D eigenvalue weighted by Crippen LogP contribution is 2.30. The first kappa shape index (κ1) is 15.7. The number of ether oxygens (including phenoxy) is 1. The molecule has 0 radical (unpaired) electrons. The van der Waals surface area contributed by atoms with Gasteiger partial charge in [0.25, 0.3) is 0 Å². The SMILES string of the molecule is CCOC(=O)C1=C(c2ccccc2)NC(=O)NC1c1ccccn1. The largest absolute Gasteiger partial charge is 0.463 e. The Morgan fingerprint density at radius 3 is 2.58 bits per heavy atom. The number of hydrogen-bond donors (Lipinski definition) is 2. The van der Waals surface area contributed by atoms with Crippen molar-refractivity contribution in [2.45, 2.75) is 13.0 Å². The van der Waals surface area contributed by atoms with E-state index in [1.807, 2.05) is 36.4 Å². The van der Waals surface area contributed by atoms with Gasteiger partial charge in [-0.1, -0.05) is 36.4 Å². The average molecular weight is 323 g/mol. The molecule has 2 amide bonds. The average Bonchev–Trinajstić information content (AvgIpc) is 2.62. The molecular weight excluding hydrogens is 306 g/mol. The minimum atomic E-state index is -0.672. The molecule has 0 saturated heterocycles. The molecule has 0 spiro atoms. The summed E-state index contributed by atoms with van der Waals surface area (Å²) in [5.74, 6) is -0.487. The van der Waals surface area contributed by atoms with E-state index >= 15 is 0 Å². The van der Waals surface area contributed by atoms with E-state index in [4.69, 9.17) is 4.74 Å². The molecule has 6 heteroatoms. The number of hydrogen-bond acceptors (Lipinski definition) is 4. The van der Waals surface area contributed by atoms with Crippen LogP contribution in [0.3, 0.4) is 0 Å². The number of aromatic nitrogens is 1. The Labute approximate surface area is 139 Å². The van der Waals surface area contributed by atoms with Crippen molar-refractivity contribution < 1.29 is 14.3 Å². The van der Waals surface area contributed by atoms with Crippen molar-refractivity contribution in [3.63, 3.8) is 0 Å². The van der Waals surface area contributed by atoms with Crippen molar-refractivity contribution >= 4 is 17.7 Å². The molecule has 0 saturated carbocycles. The van der Waals surface area contributed by atoms with Gasteiger partial charge in [0.15, 0.2) is 0 Å². The molecule has 6 nitrogen and oxygen atoms in total. The Morgan fingerprint density at radius 1 is 1.17 bits per heavy atom. The van der Waals surface area contributed by atoms with Crippen molar-refractivity contribution in [1.29, 1.82) is 0 Å².